The fourth-order valence-corrected chi connectivity index (χ4v) is 3.07. The molecule has 0 heterocycles. The highest BCUT2D eigenvalue weighted by Gasteiger charge is 2.27. The lowest BCUT2D eigenvalue weighted by Crippen LogP contribution is -2.09. The third-order valence-electron chi connectivity index (χ3n) is 4.09. The molecule has 0 saturated carbocycles. The van der Waals surface area contributed by atoms with Crippen molar-refractivity contribution in [2.75, 3.05) is 5.32 Å². The minimum atomic E-state index is 0.156. The first kappa shape index (κ1) is 13.2. The number of aryl methyl sites for hydroxylation is 1. The monoisotopic (exact) mass is 266 g/mol. The maximum atomic E-state index is 6.21. The Morgan fingerprint density at radius 2 is 1.75 bits per heavy atom. The fourth-order valence-electron chi connectivity index (χ4n) is 3.07. The van der Waals surface area contributed by atoms with E-state index in [1.165, 1.54) is 28.8 Å². The van der Waals surface area contributed by atoms with Gasteiger partial charge in [0, 0.05) is 11.7 Å². The number of nitrogens with two attached hydrogens (primary N) is 1. The first-order valence-electron chi connectivity index (χ1n) is 7.48. The predicted molar refractivity (Wildman–Crippen MR) is 84.8 cm³/mol. The summed E-state index contributed by atoms with van der Waals surface area (Å²) in [6.45, 7) is 2.21. The summed E-state index contributed by atoms with van der Waals surface area (Å²) >= 11 is 0. The van der Waals surface area contributed by atoms with Gasteiger partial charge in [-0.1, -0.05) is 49.7 Å². The summed E-state index contributed by atoms with van der Waals surface area (Å²) < 4.78 is 0. The molecule has 20 heavy (non-hydrogen) atoms. The second-order valence-electron chi connectivity index (χ2n) is 5.61. The summed E-state index contributed by atoms with van der Waals surface area (Å²) in [6, 6.07) is 17.8. The van der Waals surface area contributed by atoms with Gasteiger partial charge < -0.3 is 11.1 Å². The van der Waals surface area contributed by atoms with Crippen molar-refractivity contribution in [3.63, 3.8) is 0 Å². The van der Waals surface area contributed by atoms with Crippen LogP contribution in [0.1, 0.15) is 48.5 Å². The van der Waals surface area contributed by atoms with Crippen LogP contribution in [0.2, 0.25) is 0 Å². The molecule has 3 N–H and O–H groups in total. The van der Waals surface area contributed by atoms with Crippen molar-refractivity contribution in [2.24, 2.45) is 5.73 Å². The van der Waals surface area contributed by atoms with Gasteiger partial charge in [-0.15, -0.1) is 0 Å². The Hall–Kier alpha value is -1.80. The van der Waals surface area contributed by atoms with E-state index in [1.807, 2.05) is 0 Å². The van der Waals surface area contributed by atoms with Crippen LogP contribution in [0.15, 0.2) is 48.5 Å². The smallest absolute Gasteiger partial charge is 0.0535 e. The highest BCUT2D eigenvalue weighted by molar-refractivity contribution is 5.50. The highest BCUT2D eigenvalue weighted by Crippen LogP contribution is 2.38. The standard InChI is InChI=1S/C18H22N2/c1-2-5-13-8-10-14(11-9-13)20-18-12-17(19)15-6-3-4-7-16(15)18/h3-4,6-11,17-18,20H,2,5,12,19H2,1H3. The molecule has 2 heteroatoms. The first-order valence-corrected chi connectivity index (χ1v) is 7.48. The average Bonchev–Trinajstić information content (AvgIpc) is 2.79. The normalized spacial score (nSPS) is 20.7. The van der Waals surface area contributed by atoms with Gasteiger partial charge in [0.2, 0.25) is 0 Å². The minimum Gasteiger partial charge on any atom is -0.378 e. The third-order valence-corrected chi connectivity index (χ3v) is 4.09. The lowest BCUT2D eigenvalue weighted by atomic mass is 10.1. The molecule has 0 aromatic heterocycles. The molecule has 0 aliphatic heterocycles. The van der Waals surface area contributed by atoms with Crippen molar-refractivity contribution in [2.45, 2.75) is 38.3 Å². The van der Waals surface area contributed by atoms with Gasteiger partial charge >= 0.3 is 0 Å². The third kappa shape index (κ3) is 2.56. The zero-order valence-corrected chi connectivity index (χ0v) is 12.0. The van der Waals surface area contributed by atoms with E-state index in [9.17, 15) is 0 Å². The molecule has 2 nitrogen and oxygen atoms in total. The van der Waals surface area contributed by atoms with E-state index >= 15 is 0 Å². The van der Waals surface area contributed by atoms with Gasteiger partial charge in [-0.05, 0) is 41.7 Å². The quantitative estimate of drug-likeness (QED) is 0.870. The van der Waals surface area contributed by atoms with E-state index < -0.39 is 0 Å². The lowest BCUT2D eigenvalue weighted by molar-refractivity contribution is 0.648. The zero-order valence-electron chi connectivity index (χ0n) is 12.0. The van der Waals surface area contributed by atoms with Crippen molar-refractivity contribution < 1.29 is 0 Å². The van der Waals surface area contributed by atoms with Gasteiger partial charge in [0.1, 0.15) is 0 Å². The molecular weight excluding hydrogens is 244 g/mol. The Bertz CT molecular complexity index is 574. The number of benzene rings is 2. The summed E-state index contributed by atoms with van der Waals surface area (Å²) in [5.74, 6) is 0. The summed E-state index contributed by atoms with van der Waals surface area (Å²) in [4.78, 5) is 0. The van der Waals surface area contributed by atoms with Crippen LogP contribution < -0.4 is 11.1 Å². The van der Waals surface area contributed by atoms with Crippen molar-refractivity contribution in [1.29, 1.82) is 0 Å². The molecule has 3 rings (SSSR count). The summed E-state index contributed by atoms with van der Waals surface area (Å²) in [5, 5.41) is 3.62. The maximum Gasteiger partial charge on any atom is 0.0535 e. The second kappa shape index (κ2) is 5.68. The molecule has 2 aromatic rings. The lowest BCUT2D eigenvalue weighted by Gasteiger charge is -2.16. The van der Waals surface area contributed by atoms with Gasteiger partial charge in [0.25, 0.3) is 0 Å². The van der Waals surface area contributed by atoms with E-state index in [-0.39, 0.29) is 6.04 Å². The number of fused-ring (bicyclic) bond motifs is 1. The molecule has 0 bridgehead atoms. The summed E-state index contributed by atoms with van der Waals surface area (Å²) in [6.07, 6.45) is 3.31. The average molecular weight is 266 g/mol. The zero-order chi connectivity index (χ0) is 13.9. The minimum absolute atomic E-state index is 0.156. The van der Waals surface area contributed by atoms with Crippen LogP contribution in [-0.2, 0) is 6.42 Å². The van der Waals surface area contributed by atoms with Crippen LogP contribution >= 0.6 is 0 Å². The van der Waals surface area contributed by atoms with Crippen molar-refractivity contribution in [3.8, 4) is 0 Å². The molecule has 2 aromatic carbocycles. The number of nitrogens with one attached hydrogen (secondary N) is 1. The molecule has 0 fully saturated rings. The Balaban J connectivity index is 1.76. The van der Waals surface area contributed by atoms with Crippen molar-refractivity contribution in [1.82, 2.24) is 0 Å². The fraction of sp³-hybridized carbons (Fsp3) is 0.333. The van der Waals surface area contributed by atoms with Crippen LogP contribution in [0.4, 0.5) is 5.69 Å². The topological polar surface area (TPSA) is 38.0 Å². The SMILES string of the molecule is CCCc1ccc(NC2CC(N)c3ccccc32)cc1. The Morgan fingerprint density at radius 3 is 2.45 bits per heavy atom. The van der Waals surface area contributed by atoms with E-state index in [4.69, 9.17) is 5.73 Å². The second-order valence-corrected chi connectivity index (χ2v) is 5.61. The van der Waals surface area contributed by atoms with Crippen LogP contribution in [0.25, 0.3) is 0 Å². The first-order chi connectivity index (χ1) is 9.78. The van der Waals surface area contributed by atoms with Gasteiger partial charge in [-0.3, -0.25) is 0 Å². The molecule has 1 aliphatic rings. The van der Waals surface area contributed by atoms with E-state index in [0.717, 1.165) is 12.8 Å². The summed E-state index contributed by atoms with van der Waals surface area (Å²) in [7, 11) is 0. The molecule has 0 saturated heterocycles. The van der Waals surface area contributed by atoms with Gasteiger partial charge in [-0.25, -0.2) is 0 Å². The van der Waals surface area contributed by atoms with Crippen LogP contribution in [0.3, 0.4) is 0 Å². The highest BCUT2D eigenvalue weighted by atomic mass is 14.9. The predicted octanol–water partition coefficient (Wildman–Crippen LogP) is 4.20. The Labute approximate surface area is 121 Å². The van der Waals surface area contributed by atoms with E-state index in [0.29, 0.717) is 6.04 Å². The molecule has 0 spiro atoms. The molecule has 104 valence electrons. The Kier molecular flexibility index (Phi) is 3.75. The van der Waals surface area contributed by atoms with Gasteiger partial charge in [-0.2, -0.15) is 0 Å². The van der Waals surface area contributed by atoms with Crippen LogP contribution in [0.5, 0.6) is 0 Å². The van der Waals surface area contributed by atoms with Crippen molar-refractivity contribution >= 4 is 5.69 Å². The molecule has 2 atom stereocenters. The number of anilines is 1. The molecular formula is C18H22N2. The number of hydrogen-bond acceptors (Lipinski definition) is 2. The maximum absolute atomic E-state index is 6.21. The summed E-state index contributed by atoms with van der Waals surface area (Å²) in [5.41, 5.74) is 11.4. The van der Waals surface area contributed by atoms with Gasteiger partial charge in [0.05, 0.1) is 6.04 Å². The number of hydrogen-bond donors (Lipinski definition) is 2. The van der Waals surface area contributed by atoms with Crippen LogP contribution in [-0.4, -0.2) is 0 Å². The van der Waals surface area contributed by atoms with E-state index in [2.05, 4.69) is 60.8 Å². The largest absolute Gasteiger partial charge is 0.378 e. The van der Waals surface area contributed by atoms with E-state index in [1.54, 1.807) is 0 Å². The molecule has 2 unspecified atom stereocenters. The molecule has 1 aliphatic carbocycles. The molecule has 0 radical (unpaired) electrons. The van der Waals surface area contributed by atoms with Crippen LogP contribution in [0, 0.1) is 0 Å². The van der Waals surface area contributed by atoms with Crippen molar-refractivity contribution in [3.05, 3.63) is 65.2 Å². The van der Waals surface area contributed by atoms with Gasteiger partial charge in [0.15, 0.2) is 0 Å². The number of rotatable bonds is 4. The molecule has 0 amide bonds. The Morgan fingerprint density at radius 1 is 1.05 bits per heavy atom.